The molecule has 1 saturated heterocycles. The fraction of sp³-hybridized carbons (Fsp3) is 0.300. The minimum atomic E-state index is 0.450. The number of hydrogen-bond acceptors (Lipinski definition) is 6. The zero-order valence-corrected chi connectivity index (χ0v) is 21.7. The Balaban J connectivity index is 1.59. The quantitative estimate of drug-likeness (QED) is 0.343. The molecule has 1 aromatic carbocycles. The Bertz CT molecular complexity index is 1410. The molecule has 0 atom stereocenters. The van der Waals surface area contributed by atoms with Crippen molar-refractivity contribution in [3.8, 4) is 17.1 Å². The molecule has 1 aliphatic heterocycles. The van der Waals surface area contributed by atoms with E-state index >= 15 is 0 Å². The number of hydrogen-bond donors (Lipinski definition) is 2. The van der Waals surface area contributed by atoms with Gasteiger partial charge in [-0.25, -0.2) is 15.0 Å². The number of aromatic nitrogens is 4. The number of nitrogens with zero attached hydrogens (tertiary/aromatic N) is 5. The van der Waals surface area contributed by atoms with E-state index in [4.69, 9.17) is 15.7 Å². The second-order valence-corrected chi connectivity index (χ2v) is 9.35. The molecule has 0 bridgehead atoms. The van der Waals surface area contributed by atoms with Gasteiger partial charge in [0.2, 0.25) is 0 Å². The Hall–Kier alpha value is -3.81. The molecule has 4 heterocycles. The molecule has 7 heteroatoms. The Morgan fingerprint density at radius 3 is 2.70 bits per heavy atom. The number of imidazole rings is 1. The van der Waals surface area contributed by atoms with Gasteiger partial charge in [0.05, 0.1) is 11.3 Å². The van der Waals surface area contributed by atoms with Crippen LogP contribution in [0.1, 0.15) is 37.9 Å². The van der Waals surface area contributed by atoms with Crippen LogP contribution < -0.4 is 11.1 Å². The number of nitrogens with two attached hydrogens (primary N) is 1. The lowest BCUT2D eigenvalue weighted by atomic mass is 10.1. The van der Waals surface area contributed by atoms with Crippen molar-refractivity contribution in [2.75, 3.05) is 31.9 Å². The predicted molar refractivity (Wildman–Crippen MR) is 152 cm³/mol. The van der Waals surface area contributed by atoms with E-state index in [1.807, 2.05) is 31.2 Å². The summed E-state index contributed by atoms with van der Waals surface area (Å²) in [6, 6.07) is 16.7. The Morgan fingerprint density at radius 2 is 1.92 bits per heavy atom. The van der Waals surface area contributed by atoms with Gasteiger partial charge < -0.3 is 11.1 Å². The molecule has 0 unspecified atom stereocenters. The predicted octanol–water partition coefficient (Wildman–Crippen LogP) is 5.23. The highest BCUT2D eigenvalue weighted by Gasteiger charge is 2.19. The summed E-state index contributed by atoms with van der Waals surface area (Å²) in [5.74, 6) is 1.19. The summed E-state index contributed by atoms with van der Waals surface area (Å²) >= 11 is 0. The van der Waals surface area contributed by atoms with Gasteiger partial charge in [0.25, 0.3) is 0 Å². The Morgan fingerprint density at radius 1 is 1.05 bits per heavy atom. The summed E-state index contributed by atoms with van der Waals surface area (Å²) in [4.78, 5) is 16.9. The number of pyridine rings is 2. The first-order valence-corrected chi connectivity index (χ1v) is 13.1. The molecule has 0 aliphatic carbocycles. The molecule has 3 aromatic heterocycles. The zero-order chi connectivity index (χ0) is 25.6. The van der Waals surface area contributed by atoms with E-state index in [9.17, 15) is 0 Å². The number of allylic oxidation sites excluding steroid dienone is 4. The minimum Gasteiger partial charge on any atom is -0.383 e. The lowest BCUT2D eigenvalue weighted by Crippen LogP contribution is -2.27. The molecule has 37 heavy (non-hydrogen) atoms. The normalized spacial score (nSPS) is 15.5. The molecule has 1 fully saturated rings. The van der Waals surface area contributed by atoms with Crippen LogP contribution in [0.15, 0.2) is 73.0 Å². The maximum Gasteiger partial charge on any atom is 0.165 e. The number of anilines is 1. The highest BCUT2D eigenvalue weighted by Crippen LogP contribution is 2.31. The molecule has 190 valence electrons. The first-order chi connectivity index (χ1) is 18.2. The number of rotatable bonds is 7. The van der Waals surface area contributed by atoms with Crippen LogP contribution in [-0.2, 0) is 6.54 Å². The van der Waals surface area contributed by atoms with Crippen LogP contribution in [0.5, 0.6) is 0 Å². The van der Waals surface area contributed by atoms with Crippen molar-refractivity contribution in [1.29, 1.82) is 0 Å². The third-order valence-electron chi connectivity index (χ3n) is 6.76. The second-order valence-electron chi connectivity index (χ2n) is 9.35. The van der Waals surface area contributed by atoms with Crippen molar-refractivity contribution in [1.82, 2.24) is 29.7 Å². The van der Waals surface area contributed by atoms with Gasteiger partial charge in [-0.1, -0.05) is 37.3 Å². The number of benzene rings is 1. The van der Waals surface area contributed by atoms with Crippen molar-refractivity contribution in [3.63, 3.8) is 0 Å². The van der Waals surface area contributed by atoms with Crippen LogP contribution in [0.4, 0.5) is 5.82 Å². The molecule has 3 N–H and O–H groups in total. The minimum absolute atomic E-state index is 0.450. The molecule has 0 amide bonds. The van der Waals surface area contributed by atoms with E-state index in [1.54, 1.807) is 6.20 Å². The van der Waals surface area contributed by atoms with E-state index in [0.29, 0.717) is 5.82 Å². The highest BCUT2D eigenvalue weighted by atomic mass is 15.2. The average molecular weight is 494 g/mol. The fourth-order valence-corrected chi connectivity index (χ4v) is 4.79. The molecule has 0 radical (unpaired) electrons. The van der Waals surface area contributed by atoms with Gasteiger partial charge in [0, 0.05) is 31.5 Å². The first kappa shape index (κ1) is 24.9. The van der Waals surface area contributed by atoms with Crippen LogP contribution in [0.2, 0.25) is 0 Å². The smallest absolute Gasteiger partial charge is 0.165 e. The van der Waals surface area contributed by atoms with Crippen molar-refractivity contribution < 1.29 is 0 Å². The monoisotopic (exact) mass is 493 g/mol. The van der Waals surface area contributed by atoms with E-state index < -0.39 is 0 Å². The molecular weight excluding hydrogens is 458 g/mol. The van der Waals surface area contributed by atoms with Crippen molar-refractivity contribution in [2.24, 2.45) is 0 Å². The van der Waals surface area contributed by atoms with Crippen LogP contribution in [0.3, 0.4) is 0 Å². The summed E-state index contributed by atoms with van der Waals surface area (Å²) < 4.78 is 2.10. The SMILES string of the molecule is C/C=C(\C=C/CC)c1ccc2nc(-c3cccnc3N)n(-c3ccc(CN4CCCNCC4)cc3)c2n1. The molecule has 7 nitrogen and oxygen atoms in total. The fourth-order valence-electron chi connectivity index (χ4n) is 4.79. The van der Waals surface area contributed by atoms with E-state index in [2.05, 4.69) is 69.2 Å². The molecular formula is C30H35N7. The highest BCUT2D eigenvalue weighted by molar-refractivity contribution is 5.85. The van der Waals surface area contributed by atoms with Gasteiger partial charge in [-0.2, -0.15) is 0 Å². The lowest BCUT2D eigenvalue weighted by Gasteiger charge is -2.19. The molecule has 5 rings (SSSR count). The van der Waals surface area contributed by atoms with Crippen molar-refractivity contribution in [2.45, 2.75) is 33.2 Å². The topological polar surface area (TPSA) is 84.9 Å². The number of fused-ring (bicyclic) bond motifs is 1. The first-order valence-electron chi connectivity index (χ1n) is 13.1. The standard InChI is InChI=1S/C30H35N7/c1-3-5-8-23(4-2)26-14-15-27-30(34-26)37(29(35-27)25-9-6-17-33-28(25)31)24-12-10-22(11-13-24)21-36-19-7-16-32-18-20-36/h4-6,8-15,17,32H,3,7,16,18-21H2,1-2H3,(H2,31,33)/b8-5-,23-4+. The molecule has 4 aromatic rings. The Labute approximate surface area is 218 Å². The van der Waals surface area contributed by atoms with Gasteiger partial charge in [-0.3, -0.25) is 9.47 Å². The summed E-state index contributed by atoms with van der Waals surface area (Å²) in [5, 5.41) is 3.48. The van der Waals surface area contributed by atoms with Crippen molar-refractivity contribution in [3.05, 3.63) is 84.2 Å². The largest absolute Gasteiger partial charge is 0.383 e. The number of nitrogen functional groups attached to an aromatic ring is 1. The third-order valence-corrected chi connectivity index (χ3v) is 6.76. The molecule has 0 saturated carbocycles. The van der Waals surface area contributed by atoms with Gasteiger partial charge in [-0.15, -0.1) is 0 Å². The van der Waals surface area contributed by atoms with Gasteiger partial charge in [0.15, 0.2) is 11.5 Å². The summed E-state index contributed by atoms with van der Waals surface area (Å²) in [7, 11) is 0. The van der Waals surface area contributed by atoms with Crippen molar-refractivity contribution >= 4 is 22.6 Å². The maximum atomic E-state index is 6.30. The summed E-state index contributed by atoms with van der Waals surface area (Å²) in [5.41, 5.74) is 13.0. The maximum absolute atomic E-state index is 6.30. The van der Waals surface area contributed by atoms with E-state index in [0.717, 1.165) is 78.7 Å². The Kier molecular flexibility index (Phi) is 7.73. The number of nitrogens with one attached hydrogen (secondary N) is 1. The van der Waals surface area contributed by atoms with Crippen LogP contribution in [-0.4, -0.2) is 50.6 Å². The van der Waals surface area contributed by atoms with Crippen LogP contribution in [0.25, 0.3) is 33.8 Å². The van der Waals surface area contributed by atoms with E-state index in [-0.39, 0.29) is 0 Å². The van der Waals surface area contributed by atoms with Gasteiger partial charge in [-0.05, 0) is 80.4 Å². The van der Waals surface area contributed by atoms with E-state index in [1.165, 1.54) is 12.0 Å². The second kappa shape index (κ2) is 11.5. The lowest BCUT2D eigenvalue weighted by molar-refractivity contribution is 0.284. The molecule has 1 aliphatic rings. The summed E-state index contributed by atoms with van der Waals surface area (Å²) in [6.07, 6.45) is 10.2. The summed E-state index contributed by atoms with van der Waals surface area (Å²) in [6.45, 7) is 9.47. The van der Waals surface area contributed by atoms with Gasteiger partial charge >= 0.3 is 0 Å². The zero-order valence-electron chi connectivity index (χ0n) is 21.7. The third kappa shape index (κ3) is 5.48. The van der Waals surface area contributed by atoms with Crippen LogP contribution >= 0.6 is 0 Å². The molecule has 0 spiro atoms. The van der Waals surface area contributed by atoms with Crippen LogP contribution in [0, 0.1) is 0 Å². The van der Waals surface area contributed by atoms with Gasteiger partial charge in [0.1, 0.15) is 11.3 Å². The average Bonchev–Trinajstić information content (AvgIpc) is 3.10.